The number of alkyl carbamates (subject to hydrolysis) is 1. The molecule has 0 atom stereocenters. The summed E-state index contributed by atoms with van der Waals surface area (Å²) in [5, 5.41) is 2.60. The zero-order chi connectivity index (χ0) is 14.0. The molecule has 0 saturated carbocycles. The maximum Gasteiger partial charge on any atom is 0.490 e. The Bertz CT molecular complexity index is 325. The largest absolute Gasteiger partial charge is 0.490 e. The Morgan fingerprint density at radius 1 is 1.28 bits per heavy atom. The lowest BCUT2D eigenvalue weighted by Crippen LogP contribution is -2.41. The Morgan fingerprint density at radius 3 is 2.22 bits per heavy atom. The van der Waals surface area contributed by atoms with Gasteiger partial charge in [0.25, 0.3) is 0 Å². The molecule has 0 aromatic heterocycles. The first-order chi connectivity index (χ1) is 8.19. The van der Waals surface area contributed by atoms with Gasteiger partial charge in [0.05, 0.1) is 18.3 Å². The molecule has 1 aliphatic rings. The van der Waals surface area contributed by atoms with Gasteiger partial charge in [-0.15, -0.1) is 6.58 Å². The second kappa shape index (κ2) is 5.32. The Balaban J connectivity index is 2.43. The number of ether oxygens (including phenoxy) is 1. The van der Waals surface area contributed by atoms with Crippen LogP contribution in [-0.2, 0) is 14.0 Å². The molecule has 0 aromatic rings. The minimum atomic E-state index is -0.447. The molecule has 0 radical (unpaired) electrons. The zero-order valence-electron chi connectivity index (χ0n) is 11.8. The molecule has 1 N–H and O–H groups in total. The summed E-state index contributed by atoms with van der Waals surface area (Å²) in [7, 11) is 0.910. The fraction of sp³-hybridized carbons (Fsp3) is 0.750. The zero-order valence-corrected chi connectivity index (χ0v) is 11.8. The van der Waals surface area contributed by atoms with Crippen LogP contribution < -0.4 is 5.32 Å². The smallest absolute Gasteiger partial charge is 0.453 e. The minimum Gasteiger partial charge on any atom is -0.453 e. The van der Waals surface area contributed by atoms with Crippen LogP contribution in [0.4, 0.5) is 4.79 Å². The average molecular weight is 255 g/mol. The number of nitrogens with one attached hydrogen (secondary N) is 1. The number of methoxy groups -OCH3 is 1. The number of carbonyl (C=O) groups is 1. The first-order valence-electron chi connectivity index (χ1n) is 6.05. The van der Waals surface area contributed by atoms with Gasteiger partial charge in [-0.1, -0.05) is 0 Å². The van der Waals surface area contributed by atoms with Crippen molar-refractivity contribution in [3.05, 3.63) is 12.1 Å². The number of carbonyl (C=O) groups excluding carboxylic acids is 1. The van der Waals surface area contributed by atoms with Gasteiger partial charge >= 0.3 is 13.2 Å². The normalized spacial score (nSPS) is 20.6. The molecule has 5 nitrogen and oxygen atoms in total. The van der Waals surface area contributed by atoms with Gasteiger partial charge in [0.15, 0.2) is 0 Å². The third kappa shape index (κ3) is 3.26. The third-order valence-corrected chi connectivity index (χ3v) is 3.49. The van der Waals surface area contributed by atoms with Crippen molar-refractivity contribution in [2.24, 2.45) is 0 Å². The van der Waals surface area contributed by atoms with Crippen LogP contribution in [0.2, 0.25) is 0 Å². The monoisotopic (exact) mass is 255 g/mol. The van der Waals surface area contributed by atoms with Crippen LogP contribution in [-0.4, -0.2) is 38.1 Å². The van der Waals surface area contributed by atoms with E-state index in [1.165, 1.54) is 7.11 Å². The summed E-state index contributed by atoms with van der Waals surface area (Å²) >= 11 is 0. The molecule has 1 fully saturated rings. The molecule has 0 aromatic carbocycles. The van der Waals surface area contributed by atoms with E-state index < -0.39 is 13.2 Å². The van der Waals surface area contributed by atoms with E-state index in [9.17, 15) is 4.79 Å². The second-order valence-electron chi connectivity index (χ2n) is 5.41. The van der Waals surface area contributed by atoms with Crippen molar-refractivity contribution in [2.75, 3.05) is 13.7 Å². The molecule has 1 amide bonds. The second-order valence-corrected chi connectivity index (χ2v) is 5.41. The predicted octanol–water partition coefficient (Wildman–Crippen LogP) is 1.92. The molecule has 1 heterocycles. The minimum absolute atomic E-state index is 0.365. The number of hydrogen-bond acceptors (Lipinski definition) is 4. The quantitative estimate of drug-likeness (QED) is 0.780. The molecule has 1 aliphatic heterocycles. The Morgan fingerprint density at radius 2 is 1.78 bits per heavy atom. The molecule has 102 valence electrons. The maximum atomic E-state index is 10.9. The van der Waals surface area contributed by atoms with Crippen molar-refractivity contribution in [1.82, 2.24) is 5.32 Å². The van der Waals surface area contributed by atoms with Gasteiger partial charge in [-0.25, -0.2) is 4.79 Å². The lowest BCUT2D eigenvalue weighted by atomic mass is 9.77. The number of rotatable bonds is 4. The third-order valence-electron chi connectivity index (χ3n) is 3.49. The fourth-order valence-corrected chi connectivity index (χ4v) is 1.52. The van der Waals surface area contributed by atoms with Crippen molar-refractivity contribution in [3.63, 3.8) is 0 Å². The van der Waals surface area contributed by atoms with Crippen molar-refractivity contribution in [1.29, 1.82) is 0 Å². The van der Waals surface area contributed by atoms with Crippen LogP contribution in [0.15, 0.2) is 12.1 Å². The van der Waals surface area contributed by atoms with Crippen molar-refractivity contribution < 1.29 is 18.8 Å². The van der Waals surface area contributed by atoms with Crippen LogP contribution in [0.25, 0.3) is 0 Å². The molecule has 1 saturated heterocycles. The summed E-state index contributed by atoms with van der Waals surface area (Å²) in [6.45, 7) is 12.4. The first-order valence-corrected chi connectivity index (χ1v) is 6.05. The highest BCUT2D eigenvalue weighted by molar-refractivity contribution is 6.54. The number of amides is 1. The van der Waals surface area contributed by atoms with Gasteiger partial charge in [0, 0.05) is 6.54 Å². The van der Waals surface area contributed by atoms with E-state index in [-0.39, 0.29) is 11.2 Å². The Kier molecular flexibility index (Phi) is 4.45. The summed E-state index contributed by atoms with van der Waals surface area (Å²) < 4.78 is 16.2. The van der Waals surface area contributed by atoms with Crippen LogP contribution in [0, 0.1) is 0 Å². The molecule has 0 unspecified atom stereocenters. The van der Waals surface area contributed by atoms with Gasteiger partial charge in [-0.2, -0.15) is 0 Å². The summed E-state index contributed by atoms with van der Waals surface area (Å²) in [5.74, 6) is 0. The van der Waals surface area contributed by atoms with Crippen molar-refractivity contribution in [3.8, 4) is 0 Å². The maximum absolute atomic E-state index is 10.9. The van der Waals surface area contributed by atoms with Gasteiger partial charge in [0.1, 0.15) is 0 Å². The van der Waals surface area contributed by atoms with E-state index in [0.29, 0.717) is 13.0 Å². The molecule has 0 aliphatic carbocycles. The highest BCUT2D eigenvalue weighted by Crippen LogP contribution is 2.38. The Hall–Kier alpha value is -1.01. The van der Waals surface area contributed by atoms with Gasteiger partial charge < -0.3 is 19.4 Å². The van der Waals surface area contributed by atoms with Crippen LogP contribution in [0.5, 0.6) is 0 Å². The van der Waals surface area contributed by atoms with Gasteiger partial charge in [0.2, 0.25) is 0 Å². The van der Waals surface area contributed by atoms with E-state index in [4.69, 9.17) is 9.31 Å². The van der Waals surface area contributed by atoms with Crippen LogP contribution >= 0.6 is 0 Å². The average Bonchev–Trinajstić information content (AvgIpc) is 2.48. The van der Waals surface area contributed by atoms with E-state index in [2.05, 4.69) is 16.6 Å². The molecule has 0 spiro atoms. The van der Waals surface area contributed by atoms with E-state index in [1.54, 1.807) is 0 Å². The fourth-order valence-electron chi connectivity index (χ4n) is 1.52. The summed E-state index contributed by atoms with van der Waals surface area (Å²) in [5.41, 5.74) is 0.0808. The van der Waals surface area contributed by atoms with Crippen molar-refractivity contribution in [2.45, 2.75) is 45.3 Å². The topological polar surface area (TPSA) is 56.8 Å². The summed E-state index contributed by atoms with van der Waals surface area (Å²) in [6, 6.07) is 0. The highest BCUT2D eigenvalue weighted by Gasteiger charge is 2.51. The highest BCUT2D eigenvalue weighted by atomic mass is 16.7. The molecule has 6 heteroatoms. The molecule has 0 bridgehead atoms. The predicted molar refractivity (Wildman–Crippen MR) is 70.2 cm³/mol. The standard InChI is InChI=1S/C12H22BNO4/c1-9(7-8-14-10(15)16-6)13-17-11(2,3)12(4,5)18-13/h1,7-8H2,2-6H3,(H,14,15). The van der Waals surface area contributed by atoms with E-state index in [0.717, 1.165) is 5.47 Å². The van der Waals surface area contributed by atoms with Crippen LogP contribution in [0.3, 0.4) is 0 Å². The Labute approximate surface area is 109 Å². The van der Waals surface area contributed by atoms with E-state index in [1.807, 2.05) is 27.7 Å². The van der Waals surface area contributed by atoms with Gasteiger partial charge in [-0.05, 0) is 39.6 Å². The van der Waals surface area contributed by atoms with Crippen molar-refractivity contribution >= 4 is 13.2 Å². The lowest BCUT2D eigenvalue weighted by molar-refractivity contribution is 0.00578. The summed E-state index contributed by atoms with van der Waals surface area (Å²) in [6.07, 6.45) is 0.142. The molecule has 1 rings (SSSR count). The van der Waals surface area contributed by atoms with E-state index >= 15 is 0 Å². The lowest BCUT2D eigenvalue weighted by Gasteiger charge is -2.32. The number of hydrogen-bond donors (Lipinski definition) is 1. The SMILES string of the molecule is C=C(CCNC(=O)OC)B1OC(C)(C)C(C)(C)O1. The first kappa shape index (κ1) is 15.1. The molecular weight excluding hydrogens is 233 g/mol. The van der Waals surface area contributed by atoms with Gasteiger partial charge in [-0.3, -0.25) is 0 Å². The molecular formula is C12H22BNO4. The summed E-state index contributed by atoms with van der Waals surface area (Å²) in [4.78, 5) is 10.9. The molecule has 18 heavy (non-hydrogen) atoms. The van der Waals surface area contributed by atoms with Crippen LogP contribution in [0.1, 0.15) is 34.1 Å².